The van der Waals surface area contributed by atoms with Crippen LogP contribution in [-0.2, 0) is 9.53 Å². The van der Waals surface area contributed by atoms with Gasteiger partial charge in [-0.05, 0) is 12.1 Å². The standard InChI is InChI=1S/C12H9ClFNO2S/c1-17-12(16)10(14)9-6-18-11(15-9)7-2-4-8(13)5-3-7/h2-6,10H,1H3. The Bertz CT molecular complexity index is 555. The number of carbonyl (C=O) groups is 1. The van der Waals surface area contributed by atoms with Gasteiger partial charge in [-0.15, -0.1) is 11.3 Å². The molecule has 0 amide bonds. The van der Waals surface area contributed by atoms with Crippen LogP contribution in [0, 0.1) is 0 Å². The third-order valence-electron chi connectivity index (χ3n) is 2.28. The van der Waals surface area contributed by atoms with E-state index in [1.165, 1.54) is 16.7 Å². The topological polar surface area (TPSA) is 39.2 Å². The van der Waals surface area contributed by atoms with Gasteiger partial charge in [-0.3, -0.25) is 0 Å². The number of nitrogens with zero attached hydrogens (tertiary/aromatic N) is 1. The van der Waals surface area contributed by atoms with Crippen LogP contribution in [-0.4, -0.2) is 18.1 Å². The smallest absolute Gasteiger partial charge is 0.346 e. The molecule has 1 aromatic heterocycles. The van der Waals surface area contributed by atoms with Crippen molar-refractivity contribution in [2.24, 2.45) is 0 Å². The van der Waals surface area contributed by atoms with Gasteiger partial charge in [0.05, 0.1) is 12.8 Å². The number of carbonyl (C=O) groups excluding carboxylic acids is 1. The number of rotatable bonds is 3. The molecule has 1 atom stereocenters. The van der Waals surface area contributed by atoms with Crippen molar-refractivity contribution in [2.75, 3.05) is 7.11 Å². The van der Waals surface area contributed by atoms with Crippen molar-refractivity contribution in [1.82, 2.24) is 4.98 Å². The first-order valence-corrected chi connectivity index (χ1v) is 6.31. The van der Waals surface area contributed by atoms with E-state index in [0.717, 1.165) is 12.7 Å². The molecule has 0 fully saturated rings. The quantitative estimate of drug-likeness (QED) is 0.808. The third-order valence-corrected chi connectivity index (χ3v) is 3.44. The number of hydrogen-bond donors (Lipinski definition) is 0. The molecule has 0 aliphatic heterocycles. The molecule has 0 spiro atoms. The van der Waals surface area contributed by atoms with Gasteiger partial charge in [0.2, 0.25) is 6.17 Å². The number of benzene rings is 1. The lowest BCUT2D eigenvalue weighted by molar-refractivity contribution is -0.146. The molecule has 0 N–H and O–H groups in total. The molecular weight excluding hydrogens is 277 g/mol. The summed E-state index contributed by atoms with van der Waals surface area (Å²) in [4.78, 5) is 15.1. The Morgan fingerprint density at radius 2 is 2.11 bits per heavy atom. The van der Waals surface area contributed by atoms with Crippen LogP contribution in [0.25, 0.3) is 10.6 Å². The molecule has 6 heteroatoms. The van der Waals surface area contributed by atoms with Gasteiger partial charge in [0.15, 0.2) is 0 Å². The second kappa shape index (κ2) is 5.46. The zero-order chi connectivity index (χ0) is 13.1. The van der Waals surface area contributed by atoms with Crippen LogP contribution in [0.1, 0.15) is 11.9 Å². The van der Waals surface area contributed by atoms with Crippen molar-refractivity contribution < 1.29 is 13.9 Å². The highest BCUT2D eigenvalue weighted by Crippen LogP contribution is 2.28. The summed E-state index contributed by atoms with van der Waals surface area (Å²) in [5.41, 5.74) is 0.893. The molecule has 18 heavy (non-hydrogen) atoms. The SMILES string of the molecule is COC(=O)C(F)c1csc(-c2ccc(Cl)cc2)n1. The monoisotopic (exact) mass is 285 g/mol. The molecule has 2 rings (SSSR count). The van der Waals surface area contributed by atoms with Crippen LogP contribution >= 0.6 is 22.9 Å². The fourth-order valence-corrected chi connectivity index (χ4v) is 2.31. The lowest BCUT2D eigenvalue weighted by Gasteiger charge is -2.01. The Morgan fingerprint density at radius 3 is 2.72 bits per heavy atom. The van der Waals surface area contributed by atoms with Gasteiger partial charge in [0.1, 0.15) is 5.01 Å². The van der Waals surface area contributed by atoms with Gasteiger partial charge >= 0.3 is 5.97 Å². The fourth-order valence-electron chi connectivity index (χ4n) is 1.35. The normalized spacial score (nSPS) is 12.2. The summed E-state index contributed by atoms with van der Waals surface area (Å²) in [5, 5.41) is 2.76. The summed E-state index contributed by atoms with van der Waals surface area (Å²) in [6.45, 7) is 0. The molecule has 0 saturated carbocycles. The largest absolute Gasteiger partial charge is 0.467 e. The van der Waals surface area contributed by atoms with Crippen LogP contribution in [0.15, 0.2) is 29.6 Å². The Kier molecular flexibility index (Phi) is 3.93. The van der Waals surface area contributed by atoms with E-state index in [0.29, 0.717) is 10.0 Å². The highest BCUT2D eigenvalue weighted by molar-refractivity contribution is 7.13. The summed E-state index contributed by atoms with van der Waals surface area (Å²) in [6.07, 6.45) is -1.84. The highest BCUT2D eigenvalue weighted by atomic mass is 35.5. The third kappa shape index (κ3) is 2.68. The van der Waals surface area contributed by atoms with Gasteiger partial charge in [0.25, 0.3) is 0 Å². The number of hydrogen-bond acceptors (Lipinski definition) is 4. The molecule has 2 aromatic rings. The molecule has 0 aliphatic rings. The zero-order valence-corrected chi connectivity index (χ0v) is 11.0. The number of methoxy groups -OCH3 is 1. The minimum Gasteiger partial charge on any atom is -0.467 e. The maximum Gasteiger partial charge on any atom is 0.346 e. The number of thiazole rings is 1. The minimum absolute atomic E-state index is 0.0665. The maximum absolute atomic E-state index is 13.6. The first kappa shape index (κ1) is 13.0. The van der Waals surface area contributed by atoms with E-state index in [1.54, 1.807) is 24.3 Å². The molecule has 3 nitrogen and oxygen atoms in total. The van der Waals surface area contributed by atoms with Gasteiger partial charge in [0, 0.05) is 16.0 Å². The van der Waals surface area contributed by atoms with E-state index in [4.69, 9.17) is 11.6 Å². The van der Waals surface area contributed by atoms with E-state index in [1.807, 2.05) is 0 Å². The number of esters is 1. The first-order chi connectivity index (χ1) is 8.61. The summed E-state index contributed by atoms with van der Waals surface area (Å²) in [5.74, 6) is -0.942. The summed E-state index contributed by atoms with van der Waals surface area (Å²) >= 11 is 7.04. The molecule has 0 bridgehead atoms. The van der Waals surface area contributed by atoms with Crippen LogP contribution in [0.2, 0.25) is 5.02 Å². The molecule has 0 radical (unpaired) electrons. The molecule has 1 unspecified atom stereocenters. The summed E-state index contributed by atoms with van der Waals surface area (Å²) in [7, 11) is 1.14. The molecule has 0 aliphatic carbocycles. The second-order valence-corrected chi connectivity index (χ2v) is 4.76. The number of ether oxygens (including phenoxy) is 1. The van der Waals surface area contributed by atoms with E-state index in [9.17, 15) is 9.18 Å². The Hall–Kier alpha value is -1.46. The summed E-state index contributed by atoms with van der Waals surface area (Å²) < 4.78 is 17.9. The molecule has 94 valence electrons. The van der Waals surface area contributed by atoms with Crippen LogP contribution < -0.4 is 0 Å². The van der Waals surface area contributed by atoms with E-state index in [2.05, 4.69) is 9.72 Å². The zero-order valence-electron chi connectivity index (χ0n) is 9.39. The number of halogens is 2. The molecule has 1 heterocycles. The Balaban J connectivity index is 2.25. The van der Waals surface area contributed by atoms with Gasteiger partial charge in [-0.1, -0.05) is 23.7 Å². The van der Waals surface area contributed by atoms with Crippen molar-refractivity contribution >= 4 is 28.9 Å². The average molecular weight is 286 g/mol. The van der Waals surface area contributed by atoms with Gasteiger partial charge in [-0.25, -0.2) is 14.2 Å². The van der Waals surface area contributed by atoms with E-state index < -0.39 is 12.1 Å². The lowest BCUT2D eigenvalue weighted by Crippen LogP contribution is -2.09. The van der Waals surface area contributed by atoms with Gasteiger partial charge in [-0.2, -0.15) is 0 Å². The van der Waals surface area contributed by atoms with E-state index >= 15 is 0 Å². The predicted octanol–water partition coefficient (Wildman–Crippen LogP) is 3.65. The van der Waals surface area contributed by atoms with Crippen LogP contribution in [0.5, 0.6) is 0 Å². The molecular formula is C12H9ClFNO2S. The van der Waals surface area contributed by atoms with Gasteiger partial charge < -0.3 is 4.74 Å². The Morgan fingerprint density at radius 1 is 1.44 bits per heavy atom. The highest BCUT2D eigenvalue weighted by Gasteiger charge is 2.23. The maximum atomic E-state index is 13.6. The average Bonchev–Trinajstić information content (AvgIpc) is 2.87. The van der Waals surface area contributed by atoms with Crippen molar-refractivity contribution in [3.63, 3.8) is 0 Å². The lowest BCUT2D eigenvalue weighted by atomic mass is 10.2. The van der Waals surface area contributed by atoms with E-state index in [-0.39, 0.29) is 5.69 Å². The first-order valence-electron chi connectivity index (χ1n) is 5.05. The minimum atomic E-state index is -1.84. The summed E-state index contributed by atoms with van der Waals surface area (Å²) in [6, 6.07) is 7.03. The van der Waals surface area contributed by atoms with Crippen molar-refractivity contribution in [2.45, 2.75) is 6.17 Å². The number of aromatic nitrogens is 1. The predicted molar refractivity (Wildman–Crippen MR) is 68.4 cm³/mol. The fraction of sp³-hybridized carbons (Fsp3) is 0.167. The molecule has 0 saturated heterocycles. The molecule has 1 aromatic carbocycles. The van der Waals surface area contributed by atoms with Crippen LogP contribution in [0.4, 0.5) is 4.39 Å². The van der Waals surface area contributed by atoms with Crippen molar-refractivity contribution in [3.8, 4) is 10.6 Å². The van der Waals surface area contributed by atoms with Crippen molar-refractivity contribution in [1.29, 1.82) is 0 Å². The second-order valence-electron chi connectivity index (χ2n) is 3.47. The Labute approximate surface area is 112 Å². The van der Waals surface area contributed by atoms with Crippen molar-refractivity contribution in [3.05, 3.63) is 40.4 Å². The van der Waals surface area contributed by atoms with Crippen LogP contribution in [0.3, 0.4) is 0 Å². The number of alkyl halides is 1.